The average molecular weight is 330 g/mol. The number of carbonyl (C=O) groups is 2. The Morgan fingerprint density at radius 1 is 1.17 bits per heavy atom. The van der Waals surface area contributed by atoms with Crippen LogP contribution in [0.2, 0.25) is 0 Å². The van der Waals surface area contributed by atoms with Crippen LogP contribution in [0.1, 0.15) is 45.6 Å². The lowest BCUT2D eigenvalue weighted by Gasteiger charge is -2.07. The zero-order valence-electron chi connectivity index (χ0n) is 13.9. The molecule has 1 aromatic carbocycles. The Hall–Kier alpha value is -2.60. The van der Waals surface area contributed by atoms with Crippen LogP contribution >= 0.6 is 0 Å². The van der Waals surface area contributed by atoms with E-state index in [0.29, 0.717) is 30.0 Å². The van der Waals surface area contributed by atoms with Gasteiger partial charge in [-0.2, -0.15) is 0 Å². The smallest absolute Gasteiger partial charge is 0.291 e. The fourth-order valence-electron chi connectivity index (χ4n) is 2.22. The Morgan fingerprint density at radius 2 is 1.88 bits per heavy atom. The van der Waals surface area contributed by atoms with Crippen molar-refractivity contribution in [3.8, 4) is 0 Å². The highest BCUT2D eigenvalue weighted by molar-refractivity contribution is 6.03. The van der Waals surface area contributed by atoms with Crippen LogP contribution in [0.3, 0.4) is 0 Å². The topological polar surface area (TPSA) is 91.6 Å². The van der Waals surface area contributed by atoms with E-state index in [1.807, 2.05) is 19.9 Å². The van der Waals surface area contributed by atoms with Crippen molar-refractivity contribution in [3.63, 3.8) is 0 Å². The molecule has 24 heavy (non-hydrogen) atoms. The van der Waals surface area contributed by atoms with E-state index in [1.165, 1.54) is 0 Å². The van der Waals surface area contributed by atoms with Crippen LogP contribution < -0.4 is 10.6 Å². The van der Waals surface area contributed by atoms with Gasteiger partial charge < -0.3 is 20.2 Å². The molecule has 0 aliphatic heterocycles. The van der Waals surface area contributed by atoms with Crippen molar-refractivity contribution in [2.24, 2.45) is 0 Å². The lowest BCUT2D eigenvalue weighted by atomic mass is 10.2. The molecule has 0 spiro atoms. The zero-order chi connectivity index (χ0) is 17.5. The molecule has 0 fully saturated rings. The molecule has 2 aromatic rings. The van der Waals surface area contributed by atoms with Gasteiger partial charge >= 0.3 is 0 Å². The first-order chi connectivity index (χ1) is 11.5. The molecule has 2 amide bonds. The van der Waals surface area contributed by atoms with Crippen LogP contribution in [0.4, 0.5) is 5.69 Å². The lowest BCUT2D eigenvalue weighted by Crippen LogP contribution is -2.25. The molecule has 1 heterocycles. The number of rotatable bonds is 7. The van der Waals surface area contributed by atoms with E-state index in [0.717, 1.165) is 17.7 Å². The van der Waals surface area contributed by atoms with Gasteiger partial charge in [0, 0.05) is 36.4 Å². The summed E-state index contributed by atoms with van der Waals surface area (Å²) in [5.74, 6) is 0.549. The second kappa shape index (κ2) is 8.31. The Labute approximate surface area is 140 Å². The quantitative estimate of drug-likeness (QED) is 0.680. The minimum atomic E-state index is -0.313. The maximum atomic E-state index is 12.2. The van der Waals surface area contributed by atoms with Gasteiger partial charge in [-0.15, -0.1) is 0 Å². The molecule has 0 unspecified atom stereocenters. The maximum Gasteiger partial charge on any atom is 0.291 e. The lowest BCUT2D eigenvalue weighted by molar-refractivity contribution is 0.0950. The fourth-order valence-corrected chi connectivity index (χ4v) is 2.22. The van der Waals surface area contributed by atoms with E-state index in [1.54, 1.807) is 24.3 Å². The van der Waals surface area contributed by atoms with Crippen LogP contribution in [0.5, 0.6) is 0 Å². The Bertz CT molecular complexity index is 704. The van der Waals surface area contributed by atoms with Crippen molar-refractivity contribution >= 4 is 17.5 Å². The number of aliphatic hydroxyl groups is 1. The van der Waals surface area contributed by atoms with Gasteiger partial charge in [-0.1, -0.05) is 6.92 Å². The number of hydrogen-bond acceptors (Lipinski definition) is 4. The monoisotopic (exact) mass is 330 g/mol. The summed E-state index contributed by atoms with van der Waals surface area (Å²) in [4.78, 5) is 24.1. The Balaban J connectivity index is 1.99. The maximum absolute atomic E-state index is 12.2. The summed E-state index contributed by atoms with van der Waals surface area (Å²) < 4.78 is 5.52. The predicted molar refractivity (Wildman–Crippen MR) is 91.3 cm³/mol. The number of hydrogen-bond donors (Lipinski definition) is 3. The molecule has 6 nitrogen and oxygen atoms in total. The SMILES string of the molecule is CCc1cc(C)c(C(=O)Nc2ccc(C(=O)NCCCO)cc2)o1. The first-order valence-corrected chi connectivity index (χ1v) is 7.95. The molecule has 1 aromatic heterocycles. The summed E-state index contributed by atoms with van der Waals surface area (Å²) >= 11 is 0. The molecular formula is C18H22N2O4. The minimum Gasteiger partial charge on any atom is -0.456 e. The van der Waals surface area contributed by atoms with E-state index >= 15 is 0 Å². The van der Waals surface area contributed by atoms with Crippen molar-refractivity contribution in [1.29, 1.82) is 0 Å². The van der Waals surface area contributed by atoms with Gasteiger partial charge in [-0.3, -0.25) is 9.59 Å². The standard InChI is InChI=1S/C18H22N2O4/c1-3-15-11-12(2)16(24-15)18(23)20-14-7-5-13(6-8-14)17(22)19-9-4-10-21/h5-8,11,21H,3-4,9-10H2,1-2H3,(H,19,22)(H,20,23). The third-order valence-corrected chi connectivity index (χ3v) is 3.55. The normalized spacial score (nSPS) is 10.5. The first kappa shape index (κ1) is 17.7. The number of aliphatic hydroxyl groups excluding tert-OH is 1. The molecular weight excluding hydrogens is 308 g/mol. The van der Waals surface area contributed by atoms with Crippen molar-refractivity contribution in [2.75, 3.05) is 18.5 Å². The van der Waals surface area contributed by atoms with Gasteiger partial charge in [0.25, 0.3) is 11.8 Å². The number of aryl methyl sites for hydroxylation is 2. The van der Waals surface area contributed by atoms with Crippen LogP contribution in [0.15, 0.2) is 34.7 Å². The van der Waals surface area contributed by atoms with Gasteiger partial charge in [0.15, 0.2) is 5.76 Å². The van der Waals surface area contributed by atoms with Gasteiger partial charge in [-0.25, -0.2) is 0 Å². The second-order valence-corrected chi connectivity index (χ2v) is 5.44. The van der Waals surface area contributed by atoms with Gasteiger partial charge in [0.1, 0.15) is 5.76 Å². The average Bonchev–Trinajstić information content (AvgIpc) is 2.97. The largest absolute Gasteiger partial charge is 0.456 e. The van der Waals surface area contributed by atoms with Crippen molar-refractivity contribution in [2.45, 2.75) is 26.7 Å². The Morgan fingerprint density at radius 3 is 2.46 bits per heavy atom. The highest BCUT2D eigenvalue weighted by Gasteiger charge is 2.15. The number of nitrogens with one attached hydrogen (secondary N) is 2. The third kappa shape index (κ3) is 4.45. The second-order valence-electron chi connectivity index (χ2n) is 5.44. The molecule has 0 atom stereocenters. The van der Waals surface area contributed by atoms with Crippen LogP contribution in [-0.2, 0) is 6.42 Å². The van der Waals surface area contributed by atoms with E-state index < -0.39 is 0 Å². The number of furan rings is 1. The summed E-state index contributed by atoms with van der Waals surface area (Å²) in [7, 11) is 0. The summed E-state index contributed by atoms with van der Waals surface area (Å²) in [5.41, 5.74) is 1.87. The highest BCUT2D eigenvalue weighted by Crippen LogP contribution is 2.17. The van der Waals surface area contributed by atoms with Crippen LogP contribution in [-0.4, -0.2) is 30.1 Å². The summed E-state index contributed by atoms with van der Waals surface area (Å²) in [6.07, 6.45) is 1.25. The minimum absolute atomic E-state index is 0.0389. The molecule has 6 heteroatoms. The van der Waals surface area contributed by atoms with Crippen molar-refractivity contribution < 1.29 is 19.1 Å². The van der Waals surface area contributed by atoms with E-state index in [-0.39, 0.29) is 18.4 Å². The van der Waals surface area contributed by atoms with E-state index in [9.17, 15) is 9.59 Å². The van der Waals surface area contributed by atoms with E-state index in [4.69, 9.17) is 9.52 Å². The molecule has 0 saturated heterocycles. The number of benzene rings is 1. The van der Waals surface area contributed by atoms with Crippen molar-refractivity contribution in [3.05, 3.63) is 53.0 Å². The van der Waals surface area contributed by atoms with Crippen molar-refractivity contribution in [1.82, 2.24) is 5.32 Å². The first-order valence-electron chi connectivity index (χ1n) is 7.95. The summed E-state index contributed by atoms with van der Waals surface area (Å²) in [6.45, 7) is 4.25. The molecule has 0 bridgehead atoms. The summed E-state index contributed by atoms with van der Waals surface area (Å²) in [5, 5.41) is 14.2. The van der Waals surface area contributed by atoms with Crippen LogP contribution in [0.25, 0.3) is 0 Å². The third-order valence-electron chi connectivity index (χ3n) is 3.55. The van der Waals surface area contributed by atoms with Gasteiger partial charge in [-0.05, 0) is 43.7 Å². The highest BCUT2D eigenvalue weighted by atomic mass is 16.4. The van der Waals surface area contributed by atoms with E-state index in [2.05, 4.69) is 10.6 Å². The fraction of sp³-hybridized carbons (Fsp3) is 0.333. The van der Waals surface area contributed by atoms with Crippen LogP contribution in [0, 0.1) is 6.92 Å². The predicted octanol–water partition coefficient (Wildman–Crippen LogP) is 2.51. The zero-order valence-corrected chi connectivity index (χ0v) is 13.9. The van der Waals surface area contributed by atoms with Gasteiger partial charge in [0.05, 0.1) is 0 Å². The summed E-state index contributed by atoms with van der Waals surface area (Å²) in [6, 6.07) is 8.46. The molecule has 0 radical (unpaired) electrons. The molecule has 0 aliphatic rings. The molecule has 0 aliphatic carbocycles. The number of amides is 2. The molecule has 0 saturated carbocycles. The molecule has 2 rings (SSSR count). The molecule has 3 N–H and O–H groups in total. The number of anilines is 1. The number of carbonyl (C=O) groups excluding carboxylic acids is 2. The Kier molecular flexibility index (Phi) is 6.14. The molecule has 128 valence electrons. The van der Waals surface area contributed by atoms with Gasteiger partial charge in [0.2, 0.25) is 0 Å².